The zero-order valence-electron chi connectivity index (χ0n) is 7.66. The zero-order valence-corrected chi connectivity index (χ0v) is 9.24. The van der Waals surface area contributed by atoms with Gasteiger partial charge < -0.3 is 5.73 Å². The summed E-state index contributed by atoms with van der Waals surface area (Å²) in [5, 5.41) is 0.788. The van der Waals surface area contributed by atoms with E-state index in [1.807, 2.05) is 18.2 Å². The third-order valence-corrected chi connectivity index (χ3v) is 2.15. The van der Waals surface area contributed by atoms with E-state index in [0.717, 1.165) is 17.9 Å². The van der Waals surface area contributed by atoms with Gasteiger partial charge in [0, 0.05) is 11.1 Å². The Morgan fingerprint density at radius 3 is 2.69 bits per heavy atom. The quantitative estimate of drug-likeness (QED) is 0.832. The molecule has 1 rings (SSSR count). The summed E-state index contributed by atoms with van der Waals surface area (Å²) in [6.07, 6.45) is 1.92. The van der Waals surface area contributed by atoms with Gasteiger partial charge in [-0.05, 0) is 30.5 Å². The maximum Gasteiger partial charge on any atom is 0.0408 e. The van der Waals surface area contributed by atoms with E-state index >= 15 is 0 Å². The van der Waals surface area contributed by atoms with Gasteiger partial charge in [-0.3, -0.25) is 0 Å². The molecular formula is C10H15Cl2N. The van der Waals surface area contributed by atoms with Crippen molar-refractivity contribution >= 4 is 24.0 Å². The van der Waals surface area contributed by atoms with E-state index < -0.39 is 0 Å². The summed E-state index contributed by atoms with van der Waals surface area (Å²) in [5.74, 6) is 0. The van der Waals surface area contributed by atoms with Crippen LogP contribution in [0.2, 0.25) is 5.02 Å². The van der Waals surface area contributed by atoms with Gasteiger partial charge in [0.15, 0.2) is 0 Å². The first kappa shape index (κ1) is 12.8. The summed E-state index contributed by atoms with van der Waals surface area (Å²) < 4.78 is 0. The second-order valence-electron chi connectivity index (χ2n) is 3.00. The average Bonchev–Trinajstić information content (AvgIpc) is 2.04. The molecule has 1 unspecified atom stereocenters. The highest BCUT2D eigenvalue weighted by Crippen LogP contribution is 2.12. The molecule has 0 aromatic heterocycles. The summed E-state index contributed by atoms with van der Waals surface area (Å²) in [6.45, 7) is 2.09. The Balaban J connectivity index is 0.00000144. The normalized spacial score (nSPS) is 11.9. The van der Waals surface area contributed by atoms with Crippen LogP contribution in [0.25, 0.3) is 0 Å². The Hall–Kier alpha value is -0.240. The van der Waals surface area contributed by atoms with E-state index in [1.165, 1.54) is 5.56 Å². The number of benzene rings is 1. The molecular weight excluding hydrogens is 205 g/mol. The summed E-state index contributed by atoms with van der Waals surface area (Å²) in [5.41, 5.74) is 7.03. The lowest BCUT2D eigenvalue weighted by Gasteiger charge is -2.08. The van der Waals surface area contributed by atoms with Crippen LogP contribution in [0.3, 0.4) is 0 Å². The fourth-order valence-corrected chi connectivity index (χ4v) is 1.32. The molecule has 1 aromatic carbocycles. The minimum atomic E-state index is 0. The van der Waals surface area contributed by atoms with Crippen LogP contribution >= 0.6 is 24.0 Å². The van der Waals surface area contributed by atoms with E-state index in [9.17, 15) is 0 Å². The SMILES string of the molecule is CCC(N)Cc1cccc(Cl)c1.Cl. The molecule has 0 heterocycles. The number of hydrogen-bond acceptors (Lipinski definition) is 1. The van der Waals surface area contributed by atoms with Crippen LogP contribution in [0.4, 0.5) is 0 Å². The van der Waals surface area contributed by atoms with Crippen molar-refractivity contribution in [3.63, 3.8) is 0 Å². The predicted molar refractivity (Wildman–Crippen MR) is 60.7 cm³/mol. The number of halogens is 2. The lowest BCUT2D eigenvalue weighted by atomic mass is 10.1. The first-order valence-electron chi connectivity index (χ1n) is 4.22. The summed E-state index contributed by atoms with van der Waals surface area (Å²) in [6, 6.07) is 8.12. The van der Waals surface area contributed by atoms with E-state index in [-0.39, 0.29) is 18.4 Å². The van der Waals surface area contributed by atoms with Gasteiger partial charge >= 0.3 is 0 Å². The van der Waals surface area contributed by atoms with Crippen LogP contribution in [0.15, 0.2) is 24.3 Å². The predicted octanol–water partition coefficient (Wildman–Crippen LogP) is 3.04. The molecule has 0 amide bonds. The molecule has 0 bridgehead atoms. The molecule has 0 radical (unpaired) electrons. The molecule has 1 atom stereocenters. The Morgan fingerprint density at radius 1 is 1.46 bits per heavy atom. The van der Waals surface area contributed by atoms with Crippen molar-refractivity contribution in [1.29, 1.82) is 0 Å². The molecule has 3 heteroatoms. The van der Waals surface area contributed by atoms with Crippen LogP contribution in [0.5, 0.6) is 0 Å². The standard InChI is InChI=1S/C10H14ClN.ClH/c1-2-10(12)7-8-4-3-5-9(11)6-8;/h3-6,10H,2,7,12H2,1H3;1H. The number of hydrogen-bond donors (Lipinski definition) is 1. The first-order valence-corrected chi connectivity index (χ1v) is 4.60. The molecule has 0 saturated carbocycles. The van der Waals surface area contributed by atoms with Crippen LogP contribution in [-0.4, -0.2) is 6.04 Å². The van der Waals surface area contributed by atoms with E-state index in [0.29, 0.717) is 0 Å². The minimum absolute atomic E-state index is 0. The third kappa shape index (κ3) is 4.51. The highest BCUT2D eigenvalue weighted by atomic mass is 35.5. The van der Waals surface area contributed by atoms with Gasteiger partial charge in [-0.1, -0.05) is 30.7 Å². The van der Waals surface area contributed by atoms with Gasteiger partial charge in [0.05, 0.1) is 0 Å². The summed E-state index contributed by atoms with van der Waals surface area (Å²) >= 11 is 5.83. The average molecular weight is 220 g/mol. The smallest absolute Gasteiger partial charge is 0.0408 e. The third-order valence-electron chi connectivity index (χ3n) is 1.91. The Bertz CT molecular complexity index is 250. The van der Waals surface area contributed by atoms with E-state index in [1.54, 1.807) is 0 Å². The van der Waals surface area contributed by atoms with Crippen molar-refractivity contribution in [3.8, 4) is 0 Å². The van der Waals surface area contributed by atoms with Crippen LogP contribution in [-0.2, 0) is 6.42 Å². The first-order chi connectivity index (χ1) is 5.72. The molecule has 0 spiro atoms. The number of nitrogens with two attached hydrogens (primary N) is 1. The summed E-state index contributed by atoms with van der Waals surface area (Å²) in [7, 11) is 0. The molecule has 0 aliphatic rings. The monoisotopic (exact) mass is 219 g/mol. The topological polar surface area (TPSA) is 26.0 Å². The van der Waals surface area contributed by atoms with Gasteiger partial charge in [-0.25, -0.2) is 0 Å². The summed E-state index contributed by atoms with van der Waals surface area (Å²) in [4.78, 5) is 0. The van der Waals surface area contributed by atoms with Gasteiger partial charge in [0.2, 0.25) is 0 Å². The highest BCUT2D eigenvalue weighted by molar-refractivity contribution is 6.30. The molecule has 0 saturated heterocycles. The lowest BCUT2D eigenvalue weighted by molar-refractivity contribution is 0.646. The van der Waals surface area contributed by atoms with Gasteiger partial charge in [-0.2, -0.15) is 0 Å². The fourth-order valence-electron chi connectivity index (χ4n) is 1.11. The molecule has 2 N–H and O–H groups in total. The van der Waals surface area contributed by atoms with Crippen LogP contribution < -0.4 is 5.73 Å². The lowest BCUT2D eigenvalue weighted by Crippen LogP contribution is -2.21. The van der Waals surface area contributed by atoms with Crippen molar-refractivity contribution in [3.05, 3.63) is 34.9 Å². The molecule has 1 aromatic rings. The Kier molecular flexibility index (Phi) is 6.13. The highest BCUT2D eigenvalue weighted by Gasteiger charge is 2.00. The maximum atomic E-state index is 5.83. The van der Waals surface area contributed by atoms with Crippen LogP contribution in [0.1, 0.15) is 18.9 Å². The maximum absolute atomic E-state index is 5.83. The second-order valence-corrected chi connectivity index (χ2v) is 3.44. The molecule has 74 valence electrons. The van der Waals surface area contributed by atoms with E-state index in [2.05, 4.69) is 13.0 Å². The molecule has 0 aliphatic heterocycles. The van der Waals surface area contributed by atoms with Crippen molar-refractivity contribution in [2.75, 3.05) is 0 Å². The second kappa shape index (κ2) is 6.25. The number of rotatable bonds is 3. The van der Waals surface area contributed by atoms with Gasteiger partial charge in [-0.15, -0.1) is 12.4 Å². The molecule has 0 aliphatic carbocycles. The van der Waals surface area contributed by atoms with Crippen molar-refractivity contribution in [2.24, 2.45) is 5.73 Å². The largest absolute Gasteiger partial charge is 0.327 e. The van der Waals surface area contributed by atoms with Crippen molar-refractivity contribution in [2.45, 2.75) is 25.8 Å². The zero-order chi connectivity index (χ0) is 8.97. The Morgan fingerprint density at radius 2 is 2.15 bits per heavy atom. The fraction of sp³-hybridized carbons (Fsp3) is 0.400. The van der Waals surface area contributed by atoms with Crippen LogP contribution in [0, 0.1) is 0 Å². The van der Waals surface area contributed by atoms with Gasteiger partial charge in [0.1, 0.15) is 0 Å². The molecule has 1 nitrogen and oxygen atoms in total. The van der Waals surface area contributed by atoms with Gasteiger partial charge in [0.25, 0.3) is 0 Å². The Labute approximate surface area is 90.7 Å². The molecule has 0 fully saturated rings. The van der Waals surface area contributed by atoms with E-state index in [4.69, 9.17) is 17.3 Å². The van der Waals surface area contributed by atoms with Crippen molar-refractivity contribution < 1.29 is 0 Å². The van der Waals surface area contributed by atoms with Crippen molar-refractivity contribution in [1.82, 2.24) is 0 Å². The minimum Gasteiger partial charge on any atom is -0.327 e. The molecule has 13 heavy (non-hydrogen) atoms.